The SMILES string of the molecule is CC1(C)c2cc(-c3ccc(-c4cc(-c5cccc(-c6ccc(-c7ccccc7)cc6)c5)nc(-c5ccccc5)n4)c4ccccc34)ccc2-c2ccc3ccccc3c21. The lowest BCUT2D eigenvalue weighted by Crippen LogP contribution is -2.15. The largest absolute Gasteiger partial charge is 0.228 e. The number of rotatable bonds is 6. The van der Waals surface area contributed by atoms with Gasteiger partial charge in [0.2, 0.25) is 0 Å². The summed E-state index contributed by atoms with van der Waals surface area (Å²) in [7, 11) is 0. The second-order valence-electron chi connectivity index (χ2n) is 16.2. The van der Waals surface area contributed by atoms with Gasteiger partial charge in [-0.2, -0.15) is 0 Å². The molecule has 59 heavy (non-hydrogen) atoms. The molecule has 0 bridgehead atoms. The van der Waals surface area contributed by atoms with Crippen LogP contribution in [0.25, 0.3) is 100.0 Å². The van der Waals surface area contributed by atoms with Gasteiger partial charge in [-0.15, -0.1) is 0 Å². The number of hydrogen-bond donors (Lipinski definition) is 0. The van der Waals surface area contributed by atoms with Gasteiger partial charge < -0.3 is 0 Å². The quantitative estimate of drug-likeness (QED) is 0.169. The Balaban J connectivity index is 1.01. The smallest absolute Gasteiger partial charge is 0.160 e. The number of nitrogens with zero attached hydrogens (tertiary/aromatic N) is 2. The molecular formula is C57H40N2. The van der Waals surface area contributed by atoms with Gasteiger partial charge in [0.05, 0.1) is 11.4 Å². The predicted molar refractivity (Wildman–Crippen MR) is 247 cm³/mol. The van der Waals surface area contributed by atoms with Gasteiger partial charge in [0.15, 0.2) is 5.82 Å². The van der Waals surface area contributed by atoms with Crippen LogP contribution < -0.4 is 0 Å². The van der Waals surface area contributed by atoms with E-state index in [-0.39, 0.29) is 5.41 Å². The summed E-state index contributed by atoms with van der Waals surface area (Å²) in [6.45, 7) is 4.76. The van der Waals surface area contributed by atoms with Gasteiger partial charge in [0.25, 0.3) is 0 Å². The summed E-state index contributed by atoms with van der Waals surface area (Å²) in [4.78, 5) is 10.5. The van der Waals surface area contributed by atoms with Crippen LogP contribution in [-0.2, 0) is 5.41 Å². The van der Waals surface area contributed by atoms with Gasteiger partial charge in [-0.25, -0.2) is 9.97 Å². The molecule has 278 valence electrons. The van der Waals surface area contributed by atoms with Crippen molar-refractivity contribution in [3.8, 4) is 78.4 Å². The Kier molecular flexibility index (Phi) is 8.20. The summed E-state index contributed by atoms with van der Waals surface area (Å²) in [5, 5.41) is 4.99. The average molecular weight is 753 g/mol. The topological polar surface area (TPSA) is 25.8 Å². The van der Waals surface area contributed by atoms with Crippen molar-refractivity contribution in [3.63, 3.8) is 0 Å². The summed E-state index contributed by atoms with van der Waals surface area (Å²) < 4.78 is 0. The Hall–Kier alpha value is -7.42. The molecule has 0 amide bonds. The van der Waals surface area contributed by atoms with E-state index in [0.29, 0.717) is 5.82 Å². The first kappa shape index (κ1) is 34.8. The van der Waals surface area contributed by atoms with Crippen molar-refractivity contribution in [3.05, 3.63) is 217 Å². The third kappa shape index (κ3) is 5.96. The molecule has 0 atom stereocenters. The molecule has 1 aromatic heterocycles. The lowest BCUT2D eigenvalue weighted by molar-refractivity contribution is 0.666. The maximum Gasteiger partial charge on any atom is 0.160 e. The fraction of sp³-hybridized carbons (Fsp3) is 0.0526. The van der Waals surface area contributed by atoms with Crippen molar-refractivity contribution >= 4 is 21.5 Å². The molecule has 1 aliphatic carbocycles. The van der Waals surface area contributed by atoms with Crippen molar-refractivity contribution in [1.29, 1.82) is 0 Å². The van der Waals surface area contributed by atoms with Crippen molar-refractivity contribution < 1.29 is 0 Å². The molecule has 0 saturated carbocycles. The third-order valence-electron chi connectivity index (χ3n) is 12.3. The zero-order valence-electron chi connectivity index (χ0n) is 33.0. The third-order valence-corrected chi connectivity index (χ3v) is 12.3. The Morgan fingerprint density at radius 1 is 0.322 bits per heavy atom. The second-order valence-corrected chi connectivity index (χ2v) is 16.2. The second kappa shape index (κ2) is 13.9. The van der Waals surface area contributed by atoms with Crippen LogP contribution in [0.2, 0.25) is 0 Å². The highest BCUT2D eigenvalue weighted by Crippen LogP contribution is 2.52. The van der Waals surface area contributed by atoms with Gasteiger partial charge in [-0.05, 0) is 95.4 Å². The predicted octanol–water partition coefficient (Wildman–Crippen LogP) is 15.1. The molecule has 0 aliphatic heterocycles. The van der Waals surface area contributed by atoms with E-state index in [0.717, 1.165) is 44.6 Å². The maximum absolute atomic E-state index is 5.27. The fourth-order valence-corrected chi connectivity index (χ4v) is 9.34. The molecule has 2 nitrogen and oxygen atoms in total. The first-order valence-corrected chi connectivity index (χ1v) is 20.4. The van der Waals surface area contributed by atoms with Crippen LogP contribution in [0.3, 0.4) is 0 Å². The van der Waals surface area contributed by atoms with Crippen LogP contribution in [0.1, 0.15) is 25.0 Å². The van der Waals surface area contributed by atoms with E-state index in [1.807, 2.05) is 18.2 Å². The molecule has 10 aromatic rings. The molecule has 0 N–H and O–H groups in total. The molecule has 11 rings (SSSR count). The molecular weight excluding hydrogens is 713 g/mol. The summed E-state index contributed by atoms with van der Waals surface area (Å²) in [6.07, 6.45) is 0. The Bertz CT molecular complexity index is 3220. The molecule has 0 fully saturated rings. The van der Waals surface area contributed by atoms with Crippen molar-refractivity contribution in [2.24, 2.45) is 0 Å². The molecule has 1 aliphatic rings. The maximum atomic E-state index is 5.27. The summed E-state index contributed by atoms with van der Waals surface area (Å²) in [5.74, 6) is 0.705. The highest BCUT2D eigenvalue weighted by molar-refractivity contribution is 6.06. The van der Waals surface area contributed by atoms with E-state index in [9.17, 15) is 0 Å². The van der Waals surface area contributed by atoms with Crippen LogP contribution in [0, 0.1) is 0 Å². The van der Waals surface area contributed by atoms with E-state index in [4.69, 9.17) is 9.97 Å². The Labute approximate surface area is 345 Å². The highest BCUT2D eigenvalue weighted by atomic mass is 14.9. The molecule has 9 aromatic carbocycles. The monoisotopic (exact) mass is 752 g/mol. The average Bonchev–Trinajstić information content (AvgIpc) is 3.54. The summed E-state index contributed by atoms with van der Waals surface area (Å²) in [6, 6.07) is 74.3. The van der Waals surface area contributed by atoms with Crippen LogP contribution in [-0.4, -0.2) is 9.97 Å². The minimum absolute atomic E-state index is 0.134. The van der Waals surface area contributed by atoms with Gasteiger partial charge in [0, 0.05) is 22.1 Å². The minimum atomic E-state index is -0.134. The van der Waals surface area contributed by atoms with Gasteiger partial charge in [-0.3, -0.25) is 0 Å². The van der Waals surface area contributed by atoms with Crippen LogP contribution in [0.4, 0.5) is 0 Å². The number of hydrogen-bond acceptors (Lipinski definition) is 2. The van der Waals surface area contributed by atoms with E-state index in [1.165, 1.54) is 60.7 Å². The van der Waals surface area contributed by atoms with Crippen molar-refractivity contribution in [2.45, 2.75) is 19.3 Å². The van der Waals surface area contributed by atoms with Crippen LogP contribution in [0.15, 0.2) is 206 Å². The van der Waals surface area contributed by atoms with E-state index in [2.05, 4.69) is 202 Å². The highest BCUT2D eigenvalue weighted by Gasteiger charge is 2.37. The fourth-order valence-electron chi connectivity index (χ4n) is 9.34. The lowest BCUT2D eigenvalue weighted by atomic mass is 9.79. The molecule has 0 saturated heterocycles. The lowest BCUT2D eigenvalue weighted by Gasteiger charge is -2.24. The van der Waals surface area contributed by atoms with E-state index < -0.39 is 0 Å². The first-order chi connectivity index (χ1) is 29.0. The molecule has 2 heteroatoms. The van der Waals surface area contributed by atoms with Gasteiger partial charge in [-0.1, -0.05) is 202 Å². The van der Waals surface area contributed by atoms with Gasteiger partial charge >= 0.3 is 0 Å². The van der Waals surface area contributed by atoms with E-state index in [1.54, 1.807) is 0 Å². The molecule has 1 heterocycles. The standard InChI is InChI=1S/C57H40N2/c1-57(2)52-35-43(29-30-49(52)51-31-28-40-16-9-10-21-46(40)55(51)57)45-32-33-50(48-23-12-11-22-47(45)48)54-36-53(58-56(59-54)41-17-7-4-8-18-41)44-20-13-19-42(34-44)39-26-24-38(25-27-39)37-14-5-3-6-15-37/h3-36H,1-2H3. The van der Waals surface area contributed by atoms with Gasteiger partial charge in [0.1, 0.15) is 0 Å². The zero-order chi connectivity index (χ0) is 39.5. The van der Waals surface area contributed by atoms with Crippen molar-refractivity contribution in [2.75, 3.05) is 0 Å². The van der Waals surface area contributed by atoms with E-state index >= 15 is 0 Å². The number of aromatic nitrogens is 2. The van der Waals surface area contributed by atoms with Crippen LogP contribution in [0.5, 0.6) is 0 Å². The van der Waals surface area contributed by atoms with Crippen LogP contribution >= 0.6 is 0 Å². The molecule has 0 spiro atoms. The first-order valence-electron chi connectivity index (χ1n) is 20.4. The normalized spacial score (nSPS) is 12.7. The van der Waals surface area contributed by atoms with Crippen molar-refractivity contribution in [1.82, 2.24) is 9.97 Å². The number of benzene rings is 9. The number of fused-ring (bicyclic) bond motifs is 6. The minimum Gasteiger partial charge on any atom is -0.228 e. The molecule has 0 unspecified atom stereocenters. The summed E-state index contributed by atoms with van der Waals surface area (Å²) in [5.41, 5.74) is 17.4. The zero-order valence-corrected chi connectivity index (χ0v) is 33.0. The molecule has 0 radical (unpaired) electrons. The Morgan fingerprint density at radius 2 is 0.847 bits per heavy atom. The summed E-state index contributed by atoms with van der Waals surface area (Å²) >= 11 is 0. The Morgan fingerprint density at radius 3 is 1.61 bits per heavy atom.